The molecular formula is C84H77NO. The highest BCUT2D eigenvalue weighted by Crippen LogP contribution is 2.64. The molecule has 86 heavy (non-hydrogen) atoms. The maximum absolute atomic E-state index is 7.29. The van der Waals surface area contributed by atoms with Crippen molar-refractivity contribution in [3.8, 4) is 55.6 Å². The Morgan fingerprint density at radius 1 is 0.302 bits per heavy atom. The number of hydrogen-bond donors (Lipinski definition) is 0. The lowest BCUT2D eigenvalue weighted by Crippen LogP contribution is -2.31. The third-order valence-electron chi connectivity index (χ3n) is 18.6. The van der Waals surface area contributed by atoms with Gasteiger partial charge in [-0.15, -0.1) is 0 Å². The first-order chi connectivity index (χ1) is 41.2. The number of rotatable bonds is 7. The molecule has 0 amide bonds. The first-order valence-corrected chi connectivity index (χ1v) is 31.0. The van der Waals surface area contributed by atoms with Crippen LogP contribution >= 0.6 is 0 Å². The highest BCUT2D eigenvalue weighted by atomic mass is 16.3. The zero-order valence-electron chi connectivity index (χ0n) is 52.0. The van der Waals surface area contributed by atoms with Gasteiger partial charge in [0.2, 0.25) is 0 Å². The van der Waals surface area contributed by atoms with Gasteiger partial charge in [-0.1, -0.05) is 289 Å². The zero-order chi connectivity index (χ0) is 59.6. The van der Waals surface area contributed by atoms with E-state index < -0.39 is 0 Å². The molecule has 2 unspecified atom stereocenters. The summed E-state index contributed by atoms with van der Waals surface area (Å²) in [6.45, 7) is 28.4. The Morgan fingerprint density at radius 3 is 1.36 bits per heavy atom. The van der Waals surface area contributed by atoms with Crippen molar-refractivity contribution in [1.82, 2.24) is 0 Å². The molecule has 0 saturated heterocycles. The normalized spacial score (nSPS) is 15.0. The van der Waals surface area contributed by atoms with E-state index in [1.165, 1.54) is 100 Å². The summed E-state index contributed by atoms with van der Waals surface area (Å²) < 4.78 is 7.29. The Morgan fingerprint density at radius 2 is 0.791 bits per heavy atom. The van der Waals surface area contributed by atoms with Crippen LogP contribution in [0, 0.1) is 0 Å². The second-order valence-electron chi connectivity index (χ2n) is 28.5. The summed E-state index contributed by atoms with van der Waals surface area (Å²) in [5, 5.41) is 2.21. The van der Waals surface area contributed by atoms with Gasteiger partial charge in [0.25, 0.3) is 0 Å². The van der Waals surface area contributed by atoms with Gasteiger partial charge in [-0.3, -0.25) is 0 Å². The number of para-hydroxylation sites is 1. The summed E-state index contributed by atoms with van der Waals surface area (Å²) in [5.41, 5.74) is 29.8. The van der Waals surface area contributed by atoms with Crippen molar-refractivity contribution in [1.29, 1.82) is 0 Å². The van der Waals surface area contributed by atoms with Gasteiger partial charge in [0.05, 0.1) is 17.1 Å². The molecule has 2 heteroatoms. The number of benzene rings is 11. The average molecular weight is 1120 g/mol. The lowest BCUT2D eigenvalue weighted by atomic mass is 9.63. The monoisotopic (exact) mass is 1120 g/mol. The zero-order valence-corrected chi connectivity index (χ0v) is 52.0. The minimum absolute atomic E-state index is 0.0535. The number of furan rings is 1. The van der Waals surface area contributed by atoms with Crippen LogP contribution in [0.3, 0.4) is 0 Å². The van der Waals surface area contributed by atoms with E-state index in [2.05, 4.69) is 325 Å². The molecule has 2 aliphatic rings. The minimum Gasteiger partial charge on any atom is -0.455 e. The summed E-state index contributed by atoms with van der Waals surface area (Å²) >= 11 is 0. The van der Waals surface area contributed by atoms with Gasteiger partial charge in [-0.2, -0.15) is 0 Å². The molecule has 1 aliphatic carbocycles. The molecule has 0 bridgehead atoms. The number of anilines is 3. The third kappa shape index (κ3) is 9.32. The molecule has 0 spiro atoms. The van der Waals surface area contributed by atoms with Crippen molar-refractivity contribution < 1.29 is 4.42 Å². The summed E-state index contributed by atoms with van der Waals surface area (Å²) in [5.74, 6) is -0.311. The molecule has 2 nitrogen and oxygen atoms in total. The number of fused-ring (bicyclic) bond motifs is 7. The van der Waals surface area contributed by atoms with Gasteiger partial charge in [0.1, 0.15) is 11.2 Å². The highest BCUT2D eigenvalue weighted by molar-refractivity contribution is 6.17. The van der Waals surface area contributed by atoms with Crippen LogP contribution in [0.1, 0.15) is 151 Å². The standard InChI is InChI=1S/C84H77NO/c1-81(2,3)58-41-43-66-71(49-58)85(79-67(54-32-21-15-22-33-54)51-69-64-36-25-26-39-73(64)86-80(69)74(79)55-34-23-16-24-35-55)72-50-61(84(10,11)12)48-70-76(75-62(52-28-17-13-18-29-52)37-27-38-63(75)53-30-19-14-20-31-53)65-42-40-56(46-68(65)77(66)78(70)72)57-44-59(82(4,5)6)47-60(45-57)83(7,8)9/h13-51,76-77H,1-12H3. The van der Waals surface area contributed by atoms with E-state index in [-0.39, 0.29) is 33.5 Å². The smallest absolute Gasteiger partial charge is 0.145 e. The SMILES string of the molecule is CC(C)(C)c1cc(-c2ccc3c(c2)C2c4ccc(C(C)(C)C)cc4N(c4c(-c5ccccc5)cc5c(oc6ccccc65)c4-c4ccccc4)c4cc(C(C)(C)C)cc(c42)C3c2c(-c3ccccc3)cccc2-c2ccccc2)cc(C(C)(C)C)c1. The quantitative estimate of drug-likeness (QED) is 0.158. The molecule has 1 aliphatic heterocycles. The first kappa shape index (κ1) is 54.9. The van der Waals surface area contributed by atoms with Gasteiger partial charge in [-0.25, -0.2) is 0 Å². The third-order valence-corrected chi connectivity index (χ3v) is 18.6. The lowest BCUT2D eigenvalue weighted by Gasteiger charge is -2.46. The topological polar surface area (TPSA) is 16.4 Å². The molecular weight excluding hydrogens is 1040 g/mol. The molecule has 2 heterocycles. The predicted molar refractivity (Wildman–Crippen MR) is 365 cm³/mol. The maximum Gasteiger partial charge on any atom is 0.145 e. The van der Waals surface area contributed by atoms with Crippen LogP contribution < -0.4 is 4.90 Å². The molecule has 0 fully saturated rings. The summed E-state index contributed by atoms with van der Waals surface area (Å²) in [6, 6.07) is 90.1. The van der Waals surface area contributed by atoms with Gasteiger partial charge in [-0.05, 0) is 152 Å². The van der Waals surface area contributed by atoms with E-state index in [0.717, 1.165) is 49.9 Å². The largest absolute Gasteiger partial charge is 0.455 e. The van der Waals surface area contributed by atoms with Crippen molar-refractivity contribution in [3.63, 3.8) is 0 Å². The number of hydrogen-bond acceptors (Lipinski definition) is 2. The predicted octanol–water partition coefficient (Wildman–Crippen LogP) is 23.6. The Bertz CT molecular complexity index is 4500. The fraction of sp³-hybridized carbons (Fsp3) is 0.214. The van der Waals surface area contributed by atoms with Crippen molar-refractivity contribution in [3.05, 3.63) is 292 Å². The van der Waals surface area contributed by atoms with Crippen LogP contribution in [-0.4, -0.2) is 0 Å². The van der Waals surface area contributed by atoms with E-state index in [1.54, 1.807) is 0 Å². The van der Waals surface area contributed by atoms with E-state index in [0.29, 0.717) is 0 Å². The molecule has 0 saturated carbocycles. The van der Waals surface area contributed by atoms with Crippen LogP contribution in [-0.2, 0) is 21.7 Å². The first-order valence-electron chi connectivity index (χ1n) is 31.0. The van der Waals surface area contributed by atoms with Gasteiger partial charge >= 0.3 is 0 Å². The van der Waals surface area contributed by atoms with Crippen LogP contribution in [0.15, 0.2) is 241 Å². The fourth-order valence-electron chi connectivity index (χ4n) is 13.9. The summed E-state index contributed by atoms with van der Waals surface area (Å²) in [7, 11) is 0. The number of nitrogens with zero attached hydrogens (tertiary/aromatic N) is 1. The second kappa shape index (κ2) is 20.3. The molecule has 14 rings (SSSR count). The molecule has 11 aromatic carbocycles. The van der Waals surface area contributed by atoms with Crippen LogP contribution in [0.25, 0.3) is 77.6 Å². The van der Waals surface area contributed by atoms with E-state index >= 15 is 0 Å². The summed E-state index contributed by atoms with van der Waals surface area (Å²) in [6.07, 6.45) is 0. The van der Waals surface area contributed by atoms with Gasteiger partial charge in [0.15, 0.2) is 0 Å². The van der Waals surface area contributed by atoms with E-state index in [1.807, 2.05) is 0 Å². The van der Waals surface area contributed by atoms with Crippen LogP contribution in [0.2, 0.25) is 0 Å². The van der Waals surface area contributed by atoms with Gasteiger partial charge in [0, 0.05) is 33.7 Å². The Hall–Kier alpha value is -8.98. The van der Waals surface area contributed by atoms with E-state index in [4.69, 9.17) is 4.42 Å². The van der Waals surface area contributed by atoms with Crippen LogP contribution in [0.5, 0.6) is 0 Å². The van der Waals surface area contributed by atoms with Crippen molar-refractivity contribution >= 4 is 39.0 Å². The second-order valence-corrected chi connectivity index (χ2v) is 28.5. The fourth-order valence-corrected chi connectivity index (χ4v) is 13.9. The van der Waals surface area contributed by atoms with Crippen molar-refractivity contribution in [2.45, 2.75) is 117 Å². The Labute approximate surface area is 509 Å². The van der Waals surface area contributed by atoms with Crippen molar-refractivity contribution in [2.24, 2.45) is 0 Å². The van der Waals surface area contributed by atoms with Gasteiger partial charge < -0.3 is 9.32 Å². The molecule has 2 atom stereocenters. The molecule has 1 aromatic heterocycles. The maximum atomic E-state index is 7.29. The minimum atomic E-state index is -0.244. The molecule has 0 N–H and O–H groups in total. The Balaban J connectivity index is 1.19. The molecule has 12 aromatic rings. The van der Waals surface area contributed by atoms with Crippen molar-refractivity contribution in [2.75, 3.05) is 4.90 Å². The lowest BCUT2D eigenvalue weighted by molar-refractivity contribution is 0.569. The Kier molecular flexibility index (Phi) is 13.0. The summed E-state index contributed by atoms with van der Waals surface area (Å²) in [4.78, 5) is 2.71. The molecule has 0 radical (unpaired) electrons. The average Bonchev–Trinajstić information content (AvgIpc) is 0.773. The highest BCUT2D eigenvalue weighted by Gasteiger charge is 2.45. The van der Waals surface area contributed by atoms with E-state index in [9.17, 15) is 0 Å². The van der Waals surface area contributed by atoms with Crippen LogP contribution in [0.4, 0.5) is 17.1 Å². The molecule has 424 valence electrons.